The molecule has 1 unspecified atom stereocenters. The Morgan fingerprint density at radius 2 is 2.14 bits per heavy atom. The normalized spacial score (nSPS) is 14.1. The molecule has 0 fully saturated rings. The molecule has 4 heteroatoms. The SMILES string of the molecule is CC(COS)OS. The predicted octanol–water partition coefficient (Wildman–Crippen LogP) is 1.10. The van der Waals surface area contributed by atoms with Gasteiger partial charge in [0.2, 0.25) is 0 Å². The van der Waals surface area contributed by atoms with Crippen LogP contribution in [0.15, 0.2) is 0 Å². The minimum Gasteiger partial charge on any atom is -0.316 e. The quantitative estimate of drug-likeness (QED) is 0.452. The molecule has 0 N–H and O–H groups in total. The Hall–Kier alpha value is 0.620. The summed E-state index contributed by atoms with van der Waals surface area (Å²) in [6.45, 7) is 2.30. The summed E-state index contributed by atoms with van der Waals surface area (Å²) in [5.41, 5.74) is 0. The molecule has 0 bridgehead atoms. The van der Waals surface area contributed by atoms with Crippen molar-refractivity contribution in [1.29, 1.82) is 0 Å². The van der Waals surface area contributed by atoms with Gasteiger partial charge in [0, 0.05) is 0 Å². The van der Waals surface area contributed by atoms with E-state index in [2.05, 4.69) is 34.2 Å². The van der Waals surface area contributed by atoms with Crippen LogP contribution in [0.5, 0.6) is 0 Å². The van der Waals surface area contributed by atoms with E-state index in [-0.39, 0.29) is 6.10 Å². The highest BCUT2D eigenvalue weighted by Crippen LogP contribution is 1.94. The van der Waals surface area contributed by atoms with Crippen LogP contribution in [-0.2, 0) is 8.37 Å². The van der Waals surface area contributed by atoms with E-state index in [1.54, 1.807) is 0 Å². The number of rotatable bonds is 3. The third-order valence-electron chi connectivity index (χ3n) is 0.489. The van der Waals surface area contributed by atoms with E-state index in [9.17, 15) is 0 Å². The van der Waals surface area contributed by atoms with Crippen molar-refractivity contribution >= 4 is 25.8 Å². The lowest BCUT2D eigenvalue weighted by Crippen LogP contribution is -2.07. The Bertz CT molecular complexity index is 41.9. The highest BCUT2D eigenvalue weighted by atomic mass is 32.1. The zero-order valence-corrected chi connectivity index (χ0v) is 5.78. The Labute approximate surface area is 54.4 Å². The third kappa shape index (κ3) is 4.47. The molecule has 0 aliphatic carbocycles. The van der Waals surface area contributed by atoms with Crippen molar-refractivity contribution in [3.63, 3.8) is 0 Å². The molecular formula is C3H8O2S2. The van der Waals surface area contributed by atoms with Gasteiger partial charge in [0.15, 0.2) is 0 Å². The topological polar surface area (TPSA) is 18.5 Å². The summed E-state index contributed by atoms with van der Waals surface area (Å²) >= 11 is 7.04. The molecule has 1 atom stereocenters. The van der Waals surface area contributed by atoms with E-state index >= 15 is 0 Å². The highest BCUT2D eigenvalue weighted by Gasteiger charge is 1.95. The molecule has 0 saturated heterocycles. The van der Waals surface area contributed by atoms with Crippen molar-refractivity contribution in [2.75, 3.05) is 6.61 Å². The van der Waals surface area contributed by atoms with Gasteiger partial charge in [-0.15, -0.1) is 0 Å². The molecule has 0 aromatic carbocycles. The van der Waals surface area contributed by atoms with Gasteiger partial charge >= 0.3 is 0 Å². The summed E-state index contributed by atoms with van der Waals surface area (Å²) < 4.78 is 8.93. The van der Waals surface area contributed by atoms with Gasteiger partial charge in [-0.3, -0.25) is 0 Å². The molecule has 0 heterocycles. The van der Waals surface area contributed by atoms with Gasteiger partial charge in [0.1, 0.15) is 0 Å². The Morgan fingerprint density at radius 3 is 2.29 bits per heavy atom. The van der Waals surface area contributed by atoms with Crippen LogP contribution in [0.1, 0.15) is 6.92 Å². The molecular weight excluding hydrogens is 132 g/mol. The average Bonchev–Trinajstić information content (AvgIpc) is 1.68. The van der Waals surface area contributed by atoms with Gasteiger partial charge < -0.3 is 8.37 Å². The molecule has 0 saturated carbocycles. The minimum atomic E-state index is 0.0147. The second kappa shape index (κ2) is 4.77. The Morgan fingerprint density at radius 1 is 1.57 bits per heavy atom. The smallest absolute Gasteiger partial charge is 0.0936 e. The monoisotopic (exact) mass is 140 g/mol. The summed E-state index contributed by atoms with van der Waals surface area (Å²) in [5, 5.41) is 0. The van der Waals surface area contributed by atoms with Crippen LogP contribution < -0.4 is 0 Å². The van der Waals surface area contributed by atoms with E-state index in [1.165, 1.54) is 0 Å². The van der Waals surface area contributed by atoms with Crippen molar-refractivity contribution in [1.82, 2.24) is 0 Å². The van der Waals surface area contributed by atoms with Crippen molar-refractivity contribution in [2.45, 2.75) is 13.0 Å². The summed E-state index contributed by atoms with van der Waals surface area (Å²) in [4.78, 5) is 0. The first-order valence-corrected chi connectivity index (χ1v) is 2.61. The zero-order valence-electron chi connectivity index (χ0n) is 4.00. The molecule has 0 aromatic heterocycles. The minimum absolute atomic E-state index is 0.0147. The van der Waals surface area contributed by atoms with Crippen molar-refractivity contribution in [3.05, 3.63) is 0 Å². The lowest BCUT2D eigenvalue weighted by atomic mass is 10.5. The zero-order chi connectivity index (χ0) is 5.70. The summed E-state index contributed by atoms with van der Waals surface area (Å²) in [7, 11) is 0. The summed E-state index contributed by atoms with van der Waals surface area (Å²) in [5.74, 6) is 0. The van der Waals surface area contributed by atoms with Gasteiger partial charge in [0.25, 0.3) is 0 Å². The van der Waals surface area contributed by atoms with Crippen LogP contribution in [-0.4, -0.2) is 12.7 Å². The van der Waals surface area contributed by atoms with Crippen LogP contribution in [0.4, 0.5) is 0 Å². The maximum atomic E-state index is 4.51. The van der Waals surface area contributed by atoms with E-state index in [0.717, 1.165) is 0 Å². The number of hydrogen-bond donors (Lipinski definition) is 2. The first-order chi connectivity index (χ1) is 3.31. The van der Waals surface area contributed by atoms with E-state index in [1.807, 2.05) is 6.92 Å². The maximum absolute atomic E-state index is 4.51. The molecule has 0 aliphatic rings. The molecule has 0 radical (unpaired) electrons. The molecule has 0 amide bonds. The van der Waals surface area contributed by atoms with E-state index in [4.69, 9.17) is 0 Å². The molecule has 2 nitrogen and oxygen atoms in total. The average molecular weight is 140 g/mol. The van der Waals surface area contributed by atoms with Crippen LogP contribution >= 0.6 is 25.8 Å². The van der Waals surface area contributed by atoms with Crippen LogP contribution in [0.25, 0.3) is 0 Å². The van der Waals surface area contributed by atoms with Gasteiger partial charge in [-0.2, -0.15) is 0 Å². The van der Waals surface area contributed by atoms with Crippen LogP contribution in [0.3, 0.4) is 0 Å². The lowest BCUT2D eigenvalue weighted by Gasteiger charge is -2.02. The highest BCUT2D eigenvalue weighted by molar-refractivity contribution is 7.75. The maximum Gasteiger partial charge on any atom is 0.0936 e. The van der Waals surface area contributed by atoms with Crippen molar-refractivity contribution in [3.8, 4) is 0 Å². The van der Waals surface area contributed by atoms with Crippen LogP contribution in [0, 0.1) is 0 Å². The van der Waals surface area contributed by atoms with Gasteiger partial charge in [-0.25, -0.2) is 0 Å². The number of hydrogen-bond acceptors (Lipinski definition) is 4. The van der Waals surface area contributed by atoms with Gasteiger partial charge in [0.05, 0.1) is 12.7 Å². The fraction of sp³-hybridized carbons (Fsp3) is 1.00. The van der Waals surface area contributed by atoms with Crippen molar-refractivity contribution in [2.24, 2.45) is 0 Å². The summed E-state index contributed by atoms with van der Waals surface area (Å²) in [6, 6.07) is 0. The second-order valence-electron chi connectivity index (χ2n) is 1.21. The fourth-order valence-electron chi connectivity index (χ4n) is 0.135. The third-order valence-corrected chi connectivity index (χ3v) is 0.998. The molecule has 0 aliphatic heterocycles. The first-order valence-electron chi connectivity index (χ1n) is 1.88. The second-order valence-corrected chi connectivity index (χ2v) is 1.68. The largest absolute Gasteiger partial charge is 0.316 e. The van der Waals surface area contributed by atoms with E-state index in [0.29, 0.717) is 6.61 Å². The van der Waals surface area contributed by atoms with Gasteiger partial charge in [-0.05, 0) is 32.7 Å². The summed E-state index contributed by atoms with van der Waals surface area (Å²) in [6.07, 6.45) is 0.0147. The lowest BCUT2D eigenvalue weighted by molar-refractivity contribution is 0.189. The Kier molecular flexibility index (Phi) is 5.19. The predicted molar refractivity (Wildman–Crippen MR) is 34.5 cm³/mol. The Balaban J connectivity index is 2.83. The van der Waals surface area contributed by atoms with E-state index < -0.39 is 0 Å². The molecule has 0 spiro atoms. The van der Waals surface area contributed by atoms with Crippen molar-refractivity contribution < 1.29 is 8.37 Å². The molecule has 0 rings (SSSR count). The van der Waals surface area contributed by atoms with Crippen LogP contribution in [0.2, 0.25) is 0 Å². The molecule has 44 valence electrons. The first kappa shape index (κ1) is 7.62. The number of thiol groups is 2. The molecule has 0 aromatic rings. The standard InChI is InChI=1S/C3H8O2S2/c1-3(5-7)2-4-6/h3,6-7H,2H2,1H3. The van der Waals surface area contributed by atoms with Gasteiger partial charge in [-0.1, -0.05) is 0 Å². The molecule has 7 heavy (non-hydrogen) atoms. The fourth-order valence-corrected chi connectivity index (χ4v) is 0.406.